The second kappa shape index (κ2) is 32.8. The molecule has 0 heterocycles. The van der Waals surface area contributed by atoms with Crippen molar-refractivity contribution in [3.63, 3.8) is 0 Å². The van der Waals surface area contributed by atoms with Crippen LogP contribution in [-0.4, -0.2) is 183 Å². The van der Waals surface area contributed by atoms with E-state index in [-0.39, 0.29) is 0 Å². The van der Waals surface area contributed by atoms with E-state index in [1.165, 1.54) is 155 Å². The lowest BCUT2D eigenvalue weighted by atomic mass is 9.74. The van der Waals surface area contributed by atoms with Gasteiger partial charge in [0.25, 0.3) is 0 Å². The smallest absolute Gasteiger partial charge is 0.0624 e. The average molecular weight is 740 g/mol. The maximum absolute atomic E-state index is 6.42. The second-order valence-corrected chi connectivity index (χ2v) is 17.9. The Balaban J connectivity index is 0.000000696. The van der Waals surface area contributed by atoms with Crippen LogP contribution in [0.5, 0.6) is 0 Å². The molecule has 0 unspecified atom stereocenters. The molecule has 0 aromatic carbocycles. The fraction of sp³-hybridized carbons (Fsp3) is 1.00. The molecule has 0 saturated heterocycles. The van der Waals surface area contributed by atoms with Gasteiger partial charge in [0.2, 0.25) is 0 Å². The summed E-state index contributed by atoms with van der Waals surface area (Å²) in [5.41, 5.74) is 11.9. The first-order valence-electron chi connectivity index (χ1n) is 21.8. The maximum Gasteiger partial charge on any atom is 0.0624 e. The third-order valence-corrected chi connectivity index (χ3v) is 11.5. The quantitative estimate of drug-likeness (QED) is 0.149. The van der Waals surface area contributed by atoms with Crippen molar-refractivity contribution in [1.29, 1.82) is 0 Å². The van der Waals surface area contributed by atoms with E-state index in [0.717, 1.165) is 30.8 Å². The summed E-state index contributed by atoms with van der Waals surface area (Å²) in [6.45, 7) is 8.03. The van der Waals surface area contributed by atoms with E-state index < -0.39 is 0 Å². The number of rotatable bonds is 19. The molecule has 0 aromatic rings. The molecule has 3 saturated carbocycles. The molecule has 314 valence electrons. The zero-order valence-corrected chi connectivity index (χ0v) is 37.6. The van der Waals surface area contributed by atoms with Crippen LogP contribution in [0.15, 0.2) is 0 Å². The normalized spacial score (nSPS) is 18.1. The lowest BCUT2D eigenvalue weighted by Crippen LogP contribution is -2.41. The van der Waals surface area contributed by atoms with Crippen molar-refractivity contribution < 1.29 is 0 Å². The van der Waals surface area contributed by atoms with Crippen molar-refractivity contribution in [2.24, 2.45) is 23.3 Å². The molecule has 52 heavy (non-hydrogen) atoms. The van der Waals surface area contributed by atoms with Gasteiger partial charge < -0.3 is 36.0 Å². The number of hydrogen-bond acceptors (Lipinski definition) is 9. The molecule has 3 aliphatic rings. The zero-order chi connectivity index (χ0) is 39.3. The van der Waals surface area contributed by atoms with Crippen LogP contribution in [0.25, 0.3) is 0 Å². The fourth-order valence-corrected chi connectivity index (χ4v) is 8.31. The van der Waals surface area contributed by atoms with Crippen LogP contribution in [0.3, 0.4) is 0 Å². The molecule has 0 bridgehead atoms. The Hall–Kier alpha value is -0.360. The van der Waals surface area contributed by atoms with Crippen molar-refractivity contribution in [3.05, 3.63) is 0 Å². The first-order chi connectivity index (χ1) is 24.7. The summed E-state index contributed by atoms with van der Waals surface area (Å²) in [6, 6.07) is 1.43. The topological polar surface area (TPSA) is 74.7 Å². The van der Waals surface area contributed by atoms with Crippen LogP contribution in [-0.2, 0) is 0 Å². The lowest BCUT2D eigenvalue weighted by molar-refractivity contribution is 0.123. The molecule has 3 rings (SSSR count). The molecule has 0 radical (unpaired) electrons. The summed E-state index contributed by atoms with van der Waals surface area (Å²) < 4.78 is 0. The SMILES string of the molecule is CN(C)C(CCN)N(C)C.CN(C)C1CCCCC1.CN(C)CCCN(CCCN(C)C)CCCN(C)C.NC(C1CCCCC1)C1CCCCC1. The number of nitrogens with zero attached hydrogens (tertiary/aromatic N) is 7. The van der Waals surface area contributed by atoms with E-state index >= 15 is 0 Å². The van der Waals surface area contributed by atoms with Crippen LogP contribution < -0.4 is 11.5 Å². The largest absolute Gasteiger partial charge is 0.330 e. The van der Waals surface area contributed by atoms with Gasteiger partial charge in [0, 0.05) is 12.1 Å². The minimum Gasteiger partial charge on any atom is -0.330 e. The van der Waals surface area contributed by atoms with Crippen molar-refractivity contribution in [3.8, 4) is 0 Å². The highest BCUT2D eigenvalue weighted by Gasteiger charge is 2.28. The Kier molecular flexibility index (Phi) is 32.6. The predicted molar refractivity (Wildman–Crippen MR) is 232 cm³/mol. The molecule has 0 aliphatic heterocycles. The number of nitrogens with two attached hydrogens (primary N) is 2. The monoisotopic (exact) mass is 740 g/mol. The summed E-state index contributed by atoms with van der Waals surface area (Å²) in [4.78, 5) is 16.2. The standard InChI is InChI=1S/C15H36N4.C13H25N.C8H17N.C7H19N3/c1-16(2)10-7-13-19(14-8-11-17(3)4)15-9-12-18(5)6;14-13(11-7-3-1-4-8-11)12-9-5-2-6-10-12;1-9(2)8-6-4-3-5-7-8;1-9(2)7(5-6-8)10(3)4/h7-15H2,1-6H3;11-13H,1-10,14H2;8H,3-7H2,1-2H3;7H,5-6,8H2,1-4H3. The molecule has 0 atom stereocenters. The minimum absolute atomic E-state index is 0.477. The highest BCUT2D eigenvalue weighted by Crippen LogP contribution is 2.34. The van der Waals surface area contributed by atoms with E-state index in [1.807, 2.05) is 0 Å². The van der Waals surface area contributed by atoms with E-state index in [4.69, 9.17) is 11.5 Å². The van der Waals surface area contributed by atoms with Gasteiger partial charge in [-0.2, -0.15) is 0 Å². The zero-order valence-electron chi connectivity index (χ0n) is 37.6. The van der Waals surface area contributed by atoms with Crippen LogP contribution in [0.1, 0.15) is 122 Å². The highest BCUT2D eigenvalue weighted by atomic mass is 15.3. The minimum atomic E-state index is 0.477. The molecule has 0 aromatic heterocycles. The fourth-order valence-electron chi connectivity index (χ4n) is 8.31. The van der Waals surface area contributed by atoms with Crippen LogP contribution in [0, 0.1) is 11.8 Å². The van der Waals surface area contributed by atoms with Gasteiger partial charge in [-0.3, -0.25) is 9.80 Å². The van der Waals surface area contributed by atoms with E-state index in [9.17, 15) is 0 Å². The Morgan fingerprint density at radius 1 is 0.462 bits per heavy atom. The predicted octanol–water partition coefficient (Wildman–Crippen LogP) is 6.28. The molecule has 4 N–H and O–H groups in total. The molecule has 9 heteroatoms. The average Bonchev–Trinajstić information content (AvgIpc) is 3.11. The van der Waals surface area contributed by atoms with Gasteiger partial charge >= 0.3 is 0 Å². The summed E-state index contributed by atoms with van der Waals surface area (Å²) in [5, 5.41) is 0. The molecule has 3 fully saturated rings. The third-order valence-electron chi connectivity index (χ3n) is 11.5. The molecular weight excluding hydrogens is 643 g/mol. The summed E-state index contributed by atoms with van der Waals surface area (Å²) in [7, 11) is 25.6. The van der Waals surface area contributed by atoms with Gasteiger partial charge in [-0.25, -0.2) is 0 Å². The van der Waals surface area contributed by atoms with E-state index in [0.29, 0.717) is 12.2 Å². The Morgan fingerprint density at radius 3 is 1.02 bits per heavy atom. The summed E-state index contributed by atoms with van der Waals surface area (Å²) in [5.74, 6) is 1.73. The number of hydrogen-bond donors (Lipinski definition) is 2. The second-order valence-electron chi connectivity index (χ2n) is 17.9. The first-order valence-corrected chi connectivity index (χ1v) is 21.8. The molecule has 3 aliphatic carbocycles. The Morgan fingerprint density at radius 2 is 0.788 bits per heavy atom. The van der Waals surface area contributed by atoms with Crippen LogP contribution in [0.2, 0.25) is 0 Å². The van der Waals surface area contributed by atoms with E-state index in [1.54, 1.807) is 0 Å². The van der Waals surface area contributed by atoms with Gasteiger partial charge in [-0.1, -0.05) is 57.8 Å². The van der Waals surface area contributed by atoms with Gasteiger partial charge in [-0.05, 0) is 206 Å². The molecule has 0 spiro atoms. The van der Waals surface area contributed by atoms with Crippen LogP contribution >= 0.6 is 0 Å². The summed E-state index contributed by atoms with van der Waals surface area (Å²) in [6.07, 6.45) is 26.8. The van der Waals surface area contributed by atoms with Crippen molar-refractivity contribution in [2.45, 2.75) is 140 Å². The van der Waals surface area contributed by atoms with Gasteiger partial charge in [0.1, 0.15) is 0 Å². The third kappa shape index (κ3) is 28.1. The van der Waals surface area contributed by atoms with Crippen LogP contribution in [0.4, 0.5) is 0 Å². The van der Waals surface area contributed by atoms with Crippen molar-refractivity contribution in [1.82, 2.24) is 34.3 Å². The van der Waals surface area contributed by atoms with Gasteiger partial charge in [0.15, 0.2) is 0 Å². The molecular formula is C43H97N9. The molecule has 0 amide bonds. The van der Waals surface area contributed by atoms with Crippen molar-refractivity contribution >= 4 is 0 Å². The lowest BCUT2D eigenvalue weighted by Gasteiger charge is -2.35. The highest BCUT2D eigenvalue weighted by molar-refractivity contribution is 4.84. The maximum atomic E-state index is 6.42. The van der Waals surface area contributed by atoms with Gasteiger partial charge in [-0.15, -0.1) is 0 Å². The van der Waals surface area contributed by atoms with E-state index in [2.05, 4.69) is 119 Å². The van der Waals surface area contributed by atoms with Crippen molar-refractivity contribution in [2.75, 3.05) is 130 Å². The Labute approximate surface area is 327 Å². The summed E-state index contributed by atoms with van der Waals surface area (Å²) >= 11 is 0. The molecule has 9 nitrogen and oxygen atoms in total. The first kappa shape index (κ1) is 51.6. The van der Waals surface area contributed by atoms with Gasteiger partial charge in [0.05, 0.1) is 6.17 Å². The Bertz CT molecular complexity index is 684.